The monoisotopic (exact) mass is 1570 g/mol. The number of hydrogen-bond donors (Lipinski definition) is 0. The number of benzene rings is 8. The van der Waals surface area contributed by atoms with E-state index in [0.29, 0.717) is 28.4 Å². The van der Waals surface area contributed by atoms with Crippen molar-refractivity contribution in [2.45, 2.75) is 82.4 Å². The van der Waals surface area contributed by atoms with Crippen molar-refractivity contribution in [3.8, 4) is 89.5 Å². The first-order valence-electron chi connectivity index (χ1n) is 43.1. The average molecular weight is 1570 g/mol. The van der Waals surface area contributed by atoms with E-state index in [1.54, 1.807) is 36.4 Å². The van der Waals surface area contributed by atoms with E-state index in [1.165, 1.54) is 41.8 Å². The highest BCUT2D eigenvalue weighted by atomic mass is 19.1. The van der Waals surface area contributed by atoms with E-state index < -0.39 is 25.4 Å². The lowest BCUT2D eigenvalue weighted by Crippen LogP contribution is -2.31. The van der Waals surface area contributed by atoms with Gasteiger partial charge in [-0.25, -0.2) is 47.0 Å². The minimum absolute atomic E-state index is 0.206. The maximum absolute atomic E-state index is 14.7. The molecule has 12 nitrogen and oxygen atoms in total. The number of fused-ring (bicyclic) bond motifs is 12. The molecule has 12 heterocycles. The Hall–Kier alpha value is -14.0. The summed E-state index contributed by atoms with van der Waals surface area (Å²) in [5.74, 6) is -2.55. The van der Waals surface area contributed by atoms with E-state index >= 15 is 0 Å². The molecule has 586 valence electrons. The smallest absolute Gasteiger partial charge is 0.227 e. The highest BCUT2D eigenvalue weighted by Gasteiger charge is 2.28. The number of aryl methyl sites for hydroxylation is 13. The first-order valence-corrected chi connectivity index (χ1v) is 39.6. The van der Waals surface area contributed by atoms with Crippen LogP contribution >= 0.6 is 0 Å². The third-order valence-corrected chi connectivity index (χ3v) is 22.3. The molecule has 1 atom stereocenters. The number of nitrogens with zero attached hydrogens (tertiary/aromatic N) is 8. The Kier molecular flexibility index (Phi) is 18.6. The van der Waals surface area contributed by atoms with Gasteiger partial charge in [0.2, 0.25) is 45.6 Å². The molecule has 0 aliphatic heterocycles. The molecule has 0 amide bonds. The van der Waals surface area contributed by atoms with Gasteiger partial charge in [0.15, 0.2) is 47.1 Å². The Balaban J connectivity index is 0.000000119. The fourth-order valence-electron chi connectivity index (χ4n) is 16.1. The minimum Gasteiger partial charge on any atom is -0.437 e. The number of halogens is 2. The van der Waals surface area contributed by atoms with Crippen LogP contribution in [0.15, 0.2) is 285 Å². The van der Waals surface area contributed by atoms with Crippen LogP contribution < -0.4 is 18.3 Å². The molecular formula is C105H92F2N8O4+4. The van der Waals surface area contributed by atoms with Gasteiger partial charge in [0, 0.05) is 122 Å². The Morgan fingerprint density at radius 1 is 0.336 bits per heavy atom. The largest absolute Gasteiger partial charge is 0.437 e. The summed E-state index contributed by atoms with van der Waals surface area (Å²) >= 11 is 0. The first kappa shape index (κ1) is 69.3. The fraction of sp³-hybridized carbons (Fsp3) is 0.162. The summed E-state index contributed by atoms with van der Waals surface area (Å²) in [7, 11) is 8.08. The molecule has 0 radical (unpaired) electrons. The Morgan fingerprint density at radius 2 is 0.672 bits per heavy atom. The Labute approximate surface area is 700 Å². The Bertz CT molecular complexity index is 7690. The van der Waals surface area contributed by atoms with E-state index in [-0.39, 0.29) is 17.8 Å². The topological polar surface area (TPSA) is 120 Å². The molecule has 119 heavy (non-hydrogen) atoms. The lowest BCUT2D eigenvalue weighted by molar-refractivity contribution is -0.660. The van der Waals surface area contributed by atoms with Crippen LogP contribution in [0.4, 0.5) is 8.78 Å². The lowest BCUT2D eigenvalue weighted by atomic mass is 9.95. The number of aromatic nitrogens is 8. The van der Waals surface area contributed by atoms with Crippen molar-refractivity contribution >= 4 is 88.3 Å². The summed E-state index contributed by atoms with van der Waals surface area (Å²) in [6.45, 7) is 12.9. The molecule has 12 aromatic heterocycles. The maximum atomic E-state index is 14.7. The average Bonchev–Trinajstić information content (AvgIpc) is 1.61. The van der Waals surface area contributed by atoms with Crippen LogP contribution in [0.5, 0.6) is 0 Å². The summed E-state index contributed by atoms with van der Waals surface area (Å²) in [4.78, 5) is 18.3. The van der Waals surface area contributed by atoms with Gasteiger partial charge in [-0.3, -0.25) is 0 Å². The summed E-state index contributed by atoms with van der Waals surface area (Å²) in [5, 5.41) is 8.26. The summed E-state index contributed by atoms with van der Waals surface area (Å²) in [6, 6.07) is 78.5. The Morgan fingerprint density at radius 3 is 1.04 bits per heavy atom. The van der Waals surface area contributed by atoms with Gasteiger partial charge < -0.3 is 17.7 Å². The van der Waals surface area contributed by atoms with Crippen molar-refractivity contribution < 1.29 is 54.3 Å². The van der Waals surface area contributed by atoms with Crippen LogP contribution in [-0.4, -0.2) is 19.9 Å². The lowest BCUT2D eigenvalue weighted by Gasteiger charge is -2.11. The van der Waals surface area contributed by atoms with Crippen molar-refractivity contribution in [1.29, 1.82) is 0 Å². The van der Waals surface area contributed by atoms with Crippen LogP contribution in [0.25, 0.3) is 178 Å². The molecule has 0 spiro atoms. The molecule has 0 fully saturated rings. The van der Waals surface area contributed by atoms with Crippen molar-refractivity contribution in [1.82, 2.24) is 19.9 Å². The van der Waals surface area contributed by atoms with Gasteiger partial charge in [0.05, 0.1) is 22.3 Å². The molecule has 20 aromatic rings. The highest BCUT2D eigenvalue weighted by molar-refractivity contribution is 6.12. The zero-order valence-electron chi connectivity index (χ0n) is 75.6. The molecule has 0 aliphatic rings. The SMILES string of the molecule is Cc1ccc2c(n1)oc1c(-c3ccc(-c4ccc(F)cc4)c[n+]3C)c(C)ccc12.Cc1ccc2c(n1)oc1c(-c3ccc(-c4ccccc4)c[n+]3C)c(C)ccc12.[2H]C([2H])([2H])C([2H])(C)Cc1cc(-c2cc[n+](C)c(-c3c(C)ccc4c3oc3nc(C)ccc34)c2)ccc1F.[2H]C([2H])([2H])c1ccc(-c2ccc(-c3c(C)ccc4c3oc3nc(C)ccc34)[n+](C)c2)cc1. The number of furan rings is 4. The van der Waals surface area contributed by atoms with Gasteiger partial charge >= 0.3 is 0 Å². The molecule has 0 saturated carbocycles. The second kappa shape index (κ2) is 31.9. The van der Waals surface area contributed by atoms with Crippen LogP contribution in [-0.2, 0) is 34.6 Å². The second-order valence-electron chi connectivity index (χ2n) is 31.0. The molecule has 0 N–H and O–H groups in total. The van der Waals surface area contributed by atoms with Gasteiger partial charge in [-0.1, -0.05) is 141 Å². The molecular weight excluding hydrogens is 1480 g/mol. The second-order valence-corrected chi connectivity index (χ2v) is 31.0. The fourth-order valence-corrected chi connectivity index (χ4v) is 16.1. The maximum Gasteiger partial charge on any atom is 0.227 e. The van der Waals surface area contributed by atoms with E-state index in [1.807, 2.05) is 127 Å². The predicted octanol–water partition coefficient (Wildman–Crippen LogP) is 24.8. The standard InChI is InChI=1S/C29H28FN2O.C26H23N2O.C25H20FN2O.C25H21N2O/c1-17(2)14-22-15-20(8-11-25(22)30)21-12-13-32(5)26(16-21)27-18(3)6-9-23-24-10-7-19(4)31-29(24)33-28(23)27;1-16-5-9-19(10-6-16)20-11-14-23(28(4)15-20)24-17(2)7-12-21-22-13-8-18(3)27-26(22)29-25(21)24;1-15-4-11-20-21-12-5-16(2)27-25(21)29-24(20)23(15)22-13-8-18(14-28(22)3)17-6-9-19(26)10-7-17;1-16-9-12-20-21-13-10-17(2)26-25(21)28-24(20)23(16)22-14-11-19(15-27(22)3)18-7-5-4-6-8-18/h6-13,15-17H,14H2,1-5H3;5-15H,1-4H3;4-14H,1-3H3;4-15H,1-3H3/q4*+1/i1D3,17D;1D3;;. The van der Waals surface area contributed by atoms with E-state index in [2.05, 4.69) is 207 Å². The molecule has 8 aromatic carbocycles. The van der Waals surface area contributed by atoms with Gasteiger partial charge in [-0.15, -0.1) is 0 Å². The normalized spacial score (nSPS) is 13.1. The molecule has 20 rings (SSSR count). The highest BCUT2D eigenvalue weighted by Crippen LogP contribution is 2.43. The van der Waals surface area contributed by atoms with Crippen LogP contribution in [0, 0.1) is 79.8 Å². The third kappa shape index (κ3) is 15.2. The zero-order chi connectivity index (χ0) is 88.7. The van der Waals surface area contributed by atoms with Crippen LogP contribution in [0.2, 0.25) is 0 Å². The van der Waals surface area contributed by atoms with E-state index in [9.17, 15) is 8.78 Å². The summed E-state index contributed by atoms with van der Waals surface area (Å²) < 4.78 is 115. The van der Waals surface area contributed by atoms with Gasteiger partial charge in [-0.2, -0.15) is 0 Å². The van der Waals surface area contributed by atoms with E-state index in [0.717, 1.165) is 183 Å². The summed E-state index contributed by atoms with van der Waals surface area (Å²) in [6.07, 6.45) is 8.01. The van der Waals surface area contributed by atoms with E-state index in [4.69, 9.17) is 27.3 Å². The predicted molar refractivity (Wildman–Crippen MR) is 475 cm³/mol. The van der Waals surface area contributed by atoms with Crippen LogP contribution in [0.3, 0.4) is 0 Å². The van der Waals surface area contributed by atoms with Crippen molar-refractivity contribution in [3.63, 3.8) is 0 Å². The number of pyridine rings is 8. The quantitative estimate of drug-likeness (QED) is 0.124. The number of rotatable bonds is 10. The molecule has 0 bridgehead atoms. The minimum atomic E-state index is -2.53. The van der Waals surface area contributed by atoms with Gasteiger partial charge in [-0.05, 0) is 221 Å². The van der Waals surface area contributed by atoms with Crippen LogP contribution in [0.1, 0.15) is 79.5 Å². The number of hydrogen-bond acceptors (Lipinski definition) is 8. The summed E-state index contributed by atoms with van der Waals surface area (Å²) in [5.41, 5.74) is 31.0. The van der Waals surface area contributed by atoms with Crippen molar-refractivity contribution in [3.05, 3.63) is 335 Å². The van der Waals surface area contributed by atoms with Crippen molar-refractivity contribution in [2.75, 3.05) is 0 Å². The zero-order valence-corrected chi connectivity index (χ0v) is 68.6. The van der Waals surface area contributed by atoms with Gasteiger partial charge in [0.25, 0.3) is 0 Å². The molecule has 0 aliphatic carbocycles. The van der Waals surface area contributed by atoms with Gasteiger partial charge in [0.1, 0.15) is 39.8 Å². The molecule has 1 unspecified atom stereocenters. The molecule has 0 saturated heterocycles. The first-order chi connectivity index (χ1) is 60.2. The van der Waals surface area contributed by atoms with Crippen molar-refractivity contribution in [2.24, 2.45) is 34.1 Å². The molecule has 14 heteroatoms. The third-order valence-electron chi connectivity index (χ3n) is 22.3.